The fourth-order valence-corrected chi connectivity index (χ4v) is 2.09. The first-order chi connectivity index (χ1) is 10.9. The van der Waals surface area contributed by atoms with Gasteiger partial charge in [-0.15, -0.1) is 0 Å². The number of rotatable bonds is 4. The molecule has 2 aromatic carbocycles. The summed E-state index contributed by atoms with van der Waals surface area (Å²) >= 11 is 3.33. The zero-order valence-electron chi connectivity index (χ0n) is 12.3. The van der Waals surface area contributed by atoms with Gasteiger partial charge in [0, 0.05) is 23.2 Å². The van der Waals surface area contributed by atoms with Crippen LogP contribution in [0.1, 0.15) is 12.5 Å². The number of carbonyl (C=O) groups is 2. The van der Waals surface area contributed by atoms with Gasteiger partial charge in [-0.25, -0.2) is 4.39 Å². The Kier molecular flexibility index (Phi) is 5.65. The molecule has 0 fully saturated rings. The quantitative estimate of drug-likeness (QED) is 0.785. The lowest BCUT2D eigenvalue weighted by Crippen LogP contribution is -2.11. The van der Waals surface area contributed by atoms with Crippen molar-refractivity contribution in [2.45, 2.75) is 6.92 Å². The smallest absolute Gasteiger partial charge is 0.248 e. The van der Waals surface area contributed by atoms with Crippen LogP contribution < -0.4 is 10.6 Å². The first kappa shape index (κ1) is 16.9. The summed E-state index contributed by atoms with van der Waals surface area (Å²) in [6.45, 7) is 1.35. The van der Waals surface area contributed by atoms with Crippen molar-refractivity contribution in [3.8, 4) is 0 Å². The molecule has 0 spiro atoms. The minimum absolute atomic E-state index is 0.00158. The first-order valence-electron chi connectivity index (χ1n) is 6.76. The van der Waals surface area contributed by atoms with E-state index in [-0.39, 0.29) is 11.6 Å². The zero-order valence-corrected chi connectivity index (χ0v) is 13.9. The largest absolute Gasteiger partial charge is 0.326 e. The fourth-order valence-electron chi connectivity index (χ4n) is 1.82. The van der Waals surface area contributed by atoms with Crippen molar-refractivity contribution in [3.05, 3.63) is 64.4 Å². The van der Waals surface area contributed by atoms with Gasteiger partial charge in [-0.3, -0.25) is 9.59 Å². The molecule has 0 aromatic heterocycles. The Balaban J connectivity index is 2.07. The van der Waals surface area contributed by atoms with Crippen LogP contribution in [0.2, 0.25) is 0 Å². The predicted molar refractivity (Wildman–Crippen MR) is 92.5 cm³/mol. The molecule has 0 aliphatic heterocycles. The van der Waals surface area contributed by atoms with E-state index < -0.39 is 11.7 Å². The first-order valence-corrected chi connectivity index (χ1v) is 7.55. The van der Waals surface area contributed by atoms with Crippen LogP contribution in [0.5, 0.6) is 0 Å². The molecule has 23 heavy (non-hydrogen) atoms. The molecule has 0 aliphatic carbocycles. The summed E-state index contributed by atoms with van der Waals surface area (Å²) in [5.41, 5.74) is 1.25. The number of hydrogen-bond acceptors (Lipinski definition) is 2. The van der Waals surface area contributed by atoms with E-state index in [9.17, 15) is 14.0 Å². The van der Waals surface area contributed by atoms with E-state index in [0.717, 1.165) is 10.0 Å². The van der Waals surface area contributed by atoms with Crippen molar-refractivity contribution in [2.24, 2.45) is 0 Å². The van der Waals surface area contributed by atoms with Gasteiger partial charge < -0.3 is 10.6 Å². The van der Waals surface area contributed by atoms with Crippen molar-refractivity contribution in [2.75, 3.05) is 10.6 Å². The Morgan fingerprint density at radius 2 is 1.78 bits per heavy atom. The third-order valence-corrected chi connectivity index (χ3v) is 3.37. The standard InChI is InChI=1S/C17H14BrFN2O2/c1-11(22)20-14-7-8-15(19)16(10-14)21-17(23)9-4-12-2-5-13(18)6-3-12/h2-10H,1H3,(H,20,22)(H,21,23)/b9-4+. The maximum absolute atomic E-state index is 13.7. The van der Waals surface area contributed by atoms with Crippen molar-refractivity contribution >= 4 is 45.2 Å². The maximum Gasteiger partial charge on any atom is 0.248 e. The average Bonchev–Trinajstić information content (AvgIpc) is 2.49. The van der Waals surface area contributed by atoms with Gasteiger partial charge in [-0.2, -0.15) is 0 Å². The van der Waals surface area contributed by atoms with E-state index in [0.29, 0.717) is 5.69 Å². The molecule has 118 valence electrons. The van der Waals surface area contributed by atoms with Gasteiger partial charge in [0.15, 0.2) is 0 Å². The van der Waals surface area contributed by atoms with Gasteiger partial charge in [-0.05, 0) is 42.0 Å². The molecular formula is C17H14BrFN2O2. The third-order valence-electron chi connectivity index (χ3n) is 2.84. The van der Waals surface area contributed by atoms with E-state index in [1.54, 1.807) is 6.08 Å². The molecule has 0 bridgehead atoms. The molecule has 0 unspecified atom stereocenters. The molecular weight excluding hydrogens is 363 g/mol. The maximum atomic E-state index is 13.7. The second kappa shape index (κ2) is 7.69. The molecule has 0 saturated heterocycles. The Labute approximate surface area is 141 Å². The molecule has 2 aromatic rings. The minimum atomic E-state index is -0.579. The van der Waals surface area contributed by atoms with E-state index in [1.807, 2.05) is 24.3 Å². The predicted octanol–water partition coefficient (Wildman–Crippen LogP) is 4.20. The Bertz CT molecular complexity index is 758. The van der Waals surface area contributed by atoms with Crippen LogP contribution in [0.25, 0.3) is 6.08 Å². The van der Waals surface area contributed by atoms with Crippen LogP contribution in [-0.4, -0.2) is 11.8 Å². The van der Waals surface area contributed by atoms with Crippen LogP contribution in [0.15, 0.2) is 53.0 Å². The van der Waals surface area contributed by atoms with Crippen LogP contribution in [0.4, 0.5) is 15.8 Å². The van der Waals surface area contributed by atoms with Crippen molar-refractivity contribution in [3.63, 3.8) is 0 Å². The summed E-state index contributed by atoms with van der Waals surface area (Å²) < 4.78 is 14.7. The molecule has 6 heteroatoms. The van der Waals surface area contributed by atoms with Crippen LogP contribution >= 0.6 is 15.9 Å². The van der Waals surface area contributed by atoms with E-state index in [4.69, 9.17) is 0 Å². The normalized spacial score (nSPS) is 10.6. The summed E-state index contributed by atoms with van der Waals surface area (Å²) in [6, 6.07) is 11.4. The summed E-state index contributed by atoms with van der Waals surface area (Å²) in [5.74, 6) is -1.32. The summed E-state index contributed by atoms with van der Waals surface area (Å²) in [4.78, 5) is 22.9. The number of amides is 2. The molecule has 0 radical (unpaired) electrons. The molecule has 0 heterocycles. The molecule has 4 nitrogen and oxygen atoms in total. The molecule has 0 atom stereocenters. The highest BCUT2D eigenvalue weighted by atomic mass is 79.9. The third kappa shape index (κ3) is 5.34. The van der Waals surface area contributed by atoms with E-state index >= 15 is 0 Å². The molecule has 2 N–H and O–H groups in total. The topological polar surface area (TPSA) is 58.2 Å². The van der Waals surface area contributed by atoms with Crippen LogP contribution in [0, 0.1) is 5.82 Å². The number of hydrogen-bond donors (Lipinski definition) is 2. The second-order valence-electron chi connectivity index (χ2n) is 4.75. The minimum Gasteiger partial charge on any atom is -0.326 e. The van der Waals surface area contributed by atoms with Crippen molar-refractivity contribution < 1.29 is 14.0 Å². The summed E-state index contributed by atoms with van der Waals surface area (Å²) in [5, 5.41) is 4.97. The molecule has 2 amide bonds. The SMILES string of the molecule is CC(=O)Nc1ccc(F)c(NC(=O)/C=C/c2ccc(Br)cc2)c1. The van der Waals surface area contributed by atoms with Gasteiger partial charge in [0.05, 0.1) is 5.69 Å². The molecule has 0 saturated carbocycles. The summed E-state index contributed by atoms with van der Waals surface area (Å²) in [6.07, 6.45) is 2.94. The molecule has 2 rings (SSSR count). The highest BCUT2D eigenvalue weighted by Gasteiger charge is 2.07. The molecule has 0 aliphatic rings. The highest BCUT2D eigenvalue weighted by Crippen LogP contribution is 2.20. The van der Waals surface area contributed by atoms with Crippen LogP contribution in [-0.2, 0) is 9.59 Å². The highest BCUT2D eigenvalue weighted by molar-refractivity contribution is 9.10. The lowest BCUT2D eigenvalue weighted by Gasteiger charge is -2.07. The number of benzene rings is 2. The van der Waals surface area contributed by atoms with Crippen LogP contribution in [0.3, 0.4) is 0 Å². The van der Waals surface area contributed by atoms with Gasteiger partial charge in [0.25, 0.3) is 0 Å². The van der Waals surface area contributed by atoms with Gasteiger partial charge >= 0.3 is 0 Å². The fraction of sp³-hybridized carbons (Fsp3) is 0.0588. The summed E-state index contributed by atoms with van der Waals surface area (Å²) in [7, 11) is 0. The van der Waals surface area contributed by atoms with Crippen molar-refractivity contribution in [1.82, 2.24) is 0 Å². The number of carbonyl (C=O) groups excluding carboxylic acids is 2. The lowest BCUT2D eigenvalue weighted by atomic mass is 10.2. The van der Waals surface area contributed by atoms with Crippen molar-refractivity contribution in [1.29, 1.82) is 0 Å². The zero-order chi connectivity index (χ0) is 16.8. The lowest BCUT2D eigenvalue weighted by molar-refractivity contribution is -0.114. The Morgan fingerprint density at radius 3 is 2.43 bits per heavy atom. The number of anilines is 2. The Hall–Kier alpha value is -2.47. The van der Waals surface area contributed by atoms with E-state index in [1.165, 1.54) is 31.2 Å². The number of halogens is 2. The van der Waals surface area contributed by atoms with Gasteiger partial charge in [-0.1, -0.05) is 28.1 Å². The second-order valence-corrected chi connectivity index (χ2v) is 5.67. The van der Waals surface area contributed by atoms with E-state index in [2.05, 4.69) is 26.6 Å². The number of nitrogens with one attached hydrogen (secondary N) is 2. The monoisotopic (exact) mass is 376 g/mol. The average molecular weight is 377 g/mol. The van der Waals surface area contributed by atoms with Gasteiger partial charge in [0.1, 0.15) is 5.82 Å². The van der Waals surface area contributed by atoms with Gasteiger partial charge in [0.2, 0.25) is 11.8 Å². The Morgan fingerprint density at radius 1 is 1.09 bits per heavy atom.